The Morgan fingerprint density at radius 1 is 1.62 bits per heavy atom. The van der Waals surface area contributed by atoms with E-state index in [1.54, 1.807) is 11.3 Å². The van der Waals surface area contributed by atoms with Crippen LogP contribution in [0.2, 0.25) is 0 Å². The minimum absolute atomic E-state index is 0.388. The van der Waals surface area contributed by atoms with Crippen LogP contribution in [0, 0.1) is 0 Å². The fourth-order valence-corrected chi connectivity index (χ4v) is 2.26. The molecule has 0 spiro atoms. The van der Waals surface area contributed by atoms with Gasteiger partial charge in [0.2, 0.25) is 0 Å². The summed E-state index contributed by atoms with van der Waals surface area (Å²) in [7, 11) is 0. The highest BCUT2D eigenvalue weighted by Crippen LogP contribution is 2.12. The molecule has 16 heavy (non-hydrogen) atoms. The van der Waals surface area contributed by atoms with Gasteiger partial charge >= 0.3 is 0 Å². The number of hydrogen-bond acceptors (Lipinski definition) is 4. The molecule has 0 aromatic carbocycles. The van der Waals surface area contributed by atoms with Gasteiger partial charge in [0.25, 0.3) is 0 Å². The topological polar surface area (TPSA) is 46.8 Å². The minimum Gasteiger partial charge on any atom is -0.390 e. The van der Waals surface area contributed by atoms with Gasteiger partial charge in [-0.3, -0.25) is 4.40 Å². The van der Waals surface area contributed by atoms with E-state index in [1.165, 1.54) is 0 Å². The lowest BCUT2D eigenvalue weighted by Crippen LogP contribution is -2.18. The Kier molecular flexibility index (Phi) is 3.93. The Hall–Kier alpha value is -0.910. The van der Waals surface area contributed by atoms with Crippen LogP contribution in [0.25, 0.3) is 4.96 Å². The molecule has 88 valence electrons. The number of thiazole rings is 1. The zero-order valence-corrected chi connectivity index (χ0v) is 10.1. The molecule has 0 saturated carbocycles. The maximum absolute atomic E-state index is 9.72. The number of nitrogens with zero attached hydrogens (tertiary/aromatic N) is 2. The molecule has 2 rings (SSSR count). The van der Waals surface area contributed by atoms with Crippen molar-refractivity contribution in [2.75, 3.05) is 13.2 Å². The summed E-state index contributed by atoms with van der Waals surface area (Å²) < 4.78 is 7.26. The minimum atomic E-state index is -0.462. The molecule has 2 aromatic rings. The molecular formula is C11H16N2O2S. The SMILES string of the molecule is CCCOCC(O)Cc1cn2ccsc2n1. The zero-order valence-electron chi connectivity index (χ0n) is 9.30. The molecule has 4 nitrogen and oxygen atoms in total. The summed E-state index contributed by atoms with van der Waals surface area (Å²) in [5.74, 6) is 0. The van der Waals surface area contributed by atoms with Gasteiger partial charge in [-0.05, 0) is 6.42 Å². The Balaban J connectivity index is 1.86. The number of aromatic nitrogens is 2. The Bertz CT molecular complexity index is 409. The lowest BCUT2D eigenvalue weighted by atomic mass is 10.2. The summed E-state index contributed by atoms with van der Waals surface area (Å²) in [4.78, 5) is 5.38. The second kappa shape index (κ2) is 5.43. The van der Waals surface area contributed by atoms with Crippen molar-refractivity contribution in [3.63, 3.8) is 0 Å². The van der Waals surface area contributed by atoms with E-state index in [4.69, 9.17) is 4.74 Å². The average Bonchev–Trinajstić information content (AvgIpc) is 2.78. The maximum Gasteiger partial charge on any atom is 0.193 e. The van der Waals surface area contributed by atoms with Crippen molar-refractivity contribution in [2.24, 2.45) is 0 Å². The van der Waals surface area contributed by atoms with Crippen molar-refractivity contribution in [3.05, 3.63) is 23.5 Å². The van der Waals surface area contributed by atoms with Crippen molar-refractivity contribution in [1.82, 2.24) is 9.38 Å². The molecule has 0 aliphatic carbocycles. The molecular weight excluding hydrogens is 224 g/mol. The van der Waals surface area contributed by atoms with Gasteiger partial charge in [-0.15, -0.1) is 11.3 Å². The summed E-state index contributed by atoms with van der Waals surface area (Å²) in [6.07, 6.45) is 4.99. The number of fused-ring (bicyclic) bond motifs is 1. The Morgan fingerprint density at radius 2 is 2.50 bits per heavy atom. The van der Waals surface area contributed by atoms with Crippen molar-refractivity contribution in [3.8, 4) is 0 Å². The number of aliphatic hydroxyl groups excluding tert-OH is 1. The highest BCUT2D eigenvalue weighted by Gasteiger charge is 2.09. The summed E-state index contributed by atoms with van der Waals surface area (Å²) >= 11 is 1.60. The number of imidazole rings is 1. The molecule has 1 atom stereocenters. The van der Waals surface area contributed by atoms with Crippen LogP contribution < -0.4 is 0 Å². The van der Waals surface area contributed by atoms with Crippen LogP contribution in [0.15, 0.2) is 17.8 Å². The average molecular weight is 240 g/mol. The molecule has 0 bridgehead atoms. The van der Waals surface area contributed by atoms with Crippen LogP contribution in [-0.2, 0) is 11.2 Å². The molecule has 2 aromatic heterocycles. The molecule has 1 unspecified atom stereocenters. The molecule has 0 radical (unpaired) electrons. The van der Waals surface area contributed by atoms with Crippen molar-refractivity contribution in [2.45, 2.75) is 25.9 Å². The number of hydrogen-bond donors (Lipinski definition) is 1. The second-order valence-electron chi connectivity index (χ2n) is 3.76. The first-order chi connectivity index (χ1) is 7.79. The van der Waals surface area contributed by atoms with Gasteiger partial charge in [-0.1, -0.05) is 6.92 Å². The lowest BCUT2D eigenvalue weighted by molar-refractivity contribution is 0.0370. The molecule has 1 N–H and O–H groups in total. The summed E-state index contributed by atoms with van der Waals surface area (Å²) in [6.45, 7) is 3.14. The summed E-state index contributed by atoms with van der Waals surface area (Å²) in [6, 6.07) is 0. The molecule has 0 saturated heterocycles. The lowest BCUT2D eigenvalue weighted by Gasteiger charge is -2.08. The van der Waals surface area contributed by atoms with E-state index in [0.717, 1.165) is 17.1 Å². The summed E-state index contributed by atoms with van der Waals surface area (Å²) in [5, 5.41) is 11.7. The van der Waals surface area contributed by atoms with E-state index < -0.39 is 6.10 Å². The van der Waals surface area contributed by atoms with Crippen LogP contribution in [-0.4, -0.2) is 33.8 Å². The van der Waals surface area contributed by atoms with Crippen molar-refractivity contribution >= 4 is 16.3 Å². The first-order valence-corrected chi connectivity index (χ1v) is 6.34. The van der Waals surface area contributed by atoms with Crippen LogP contribution >= 0.6 is 11.3 Å². The molecule has 0 aliphatic rings. The summed E-state index contributed by atoms with van der Waals surface area (Å²) in [5.41, 5.74) is 0.916. The monoisotopic (exact) mass is 240 g/mol. The van der Waals surface area contributed by atoms with E-state index >= 15 is 0 Å². The third-order valence-corrected chi connectivity index (χ3v) is 3.02. The van der Waals surface area contributed by atoms with Gasteiger partial charge in [-0.25, -0.2) is 4.98 Å². The van der Waals surface area contributed by atoms with Crippen LogP contribution in [0.5, 0.6) is 0 Å². The molecule has 0 aliphatic heterocycles. The van der Waals surface area contributed by atoms with E-state index in [2.05, 4.69) is 11.9 Å². The van der Waals surface area contributed by atoms with Gasteiger partial charge in [0.15, 0.2) is 4.96 Å². The van der Waals surface area contributed by atoms with Gasteiger partial charge in [-0.2, -0.15) is 0 Å². The zero-order chi connectivity index (χ0) is 11.4. The van der Waals surface area contributed by atoms with Crippen LogP contribution in [0.1, 0.15) is 19.0 Å². The number of rotatable bonds is 6. The van der Waals surface area contributed by atoms with Gasteiger partial charge in [0.1, 0.15) is 0 Å². The largest absolute Gasteiger partial charge is 0.390 e. The smallest absolute Gasteiger partial charge is 0.193 e. The third kappa shape index (κ3) is 2.81. The van der Waals surface area contributed by atoms with Crippen molar-refractivity contribution < 1.29 is 9.84 Å². The quantitative estimate of drug-likeness (QED) is 0.782. The van der Waals surface area contributed by atoms with E-state index in [-0.39, 0.29) is 0 Å². The number of aliphatic hydroxyl groups is 1. The fraction of sp³-hybridized carbons (Fsp3) is 0.545. The second-order valence-corrected chi connectivity index (χ2v) is 4.63. The molecule has 2 heterocycles. The highest BCUT2D eigenvalue weighted by molar-refractivity contribution is 7.15. The normalized spacial score (nSPS) is 13.4. The molecule has 5 heteroatoms. The standard InChI is InChI=1S/C11H16N2O2S/c1-2-4-15-8-10(14)6-9-7-13-3-5-16-11(13)12-9/h3,5,7,10,14H,2,4,6,8H2,1H3. The van der Waals surface area contributed by atoms with E-state index in [0.29, 0.717) is 19.6 Å². The Labute approximate surface area is 98.5 Å². The predicted molar refractivity (Wildman–Crippen MR) is 63.9 cm³/mol. The Morgan fingerprint density at radius 3 is 3.25 bits per heavy atom. The molecule has 0 fully saturated rings. The first kappa shape index (κ1) is 11.6. The predicted octanol–water partition coefficient (Wildman–Crippen LogP) is 1.73. The fourth-order valence-electron chi connectivity index (χ4n) is 1.54. The highest BCUT2D eigenvalue weighted by atomic mass is 32.1. The number of ether oxygens (including phenoxy) is 1. The third-order valence-electron chi connectivity index (χ3n) is 2.25. The van der Waals surface area contributed by atoms with E-state index in [1.807, 2.05) is 22.2 Å². The first-order valence-electron chi connectivity index (χ1n) is 5.46. The van der Waals surface area contributed by atoms with Gasteiger partial charge < -0.3 is 9.84 Å². The van der Waals surface area contributed by atoms with Crippen LogP contribution in [0.3, 0.4) is 0 Å². The molecule has 0 amide bonds. The maximum atomic E-state index is 9.72. The van der Waals surface area contributed by atoms with Crippen LogP contribution in [0.4, 0.5) is 0 Å². The van der Waals surface area contributed by atoms with E-state index in [9.17, 15) is 5.11 Å². The van der Waals surface area contributed by atoms with Crippen molar-refractivity contribution in [1.29, 1.82) is 0 Å². The van der Waals surface area contributed by atoms with Gasteiger partial charge in [0.05, 0.1) is 18.4 Å². The van der Waals surface area contributed by atoms with Gasteiger partial charge in [0, 0.05) is 30.8 Å².